The van der Waals surface area contributed by atoms with Crippen LogP contribution in [0.15, 0.2) is 125 Å². The maximum atomic E-state index is 13.4. The molecule has 0 radical (unpaired) electrons. The molecule has 0 saturated heterocycles. The summed E-state index contributed by atoms with van der Waals surface area (Å²) in [5, 5.41) is 6.24. The molecular formula is C34H27BrN2O4. The molecule has 204 valence electrons. The van der Waals surface area contributed by atoms with Crippen molar-refractivity contribution >= 4 is 45.7 Å². The second-order valence-electron chi connectivity index (χ2n) is 9.27. The van der Waals surface area contributed by atoms with Crippen molar-refractivity contribution in [3.63, 3.8) is 0 Å². The molecule has 4 aromatic rings. The van der Waals surface area contributed by atoms with Gasteiger partial charge in [0.25, 0.3) is 5.91 Å². The Morgan fingerprint density at radius 2 is 1.49 bits per heavy atom. The summed E-state index contributed by atoms with van der Waals surface area (Å²) in [5.41, 5.74) is 3.96. The summed E-state index contributed by atoms with van der Waals surface area (Å²) < 4.78 is 12.1. The van der Waals surface area contributed by atoms with Gasteiger partial charge in [0, 0.05) is 34.7 Å². The van der Waals surface area contributed by atoms with E-state index in [1.807, 2.05) is 84.9 Å². The van der Waals surface area contributed by atoms with E-state index in [-0.39, 0.29) is 11.9 Å². The number of esters is 1. The number of hydrogen-bond acceptors (Lipinski definition) is 5. The number of hydrazone groups is 1. The molecule has 6 nitrogen and oxygen atoms in total. The molecule has 4 aromatic carbocycles. The van der Waals surface area contributed by atoms with Gasteiger partial charge in [0.2, 0.25) is 0 Å². The number of carbonyl (C=O) groups is 2. The molecule has 1 aliphatic heterocycles. The van der Waals surface area contributed by atoms with E-state index >= 15 is 0 Å². The molecule has 0 saturated carbocycles. The van der Waals surface area contributed by atoms with E-state index in [1.165, 1.54) is 17.2 Å². The van der Waals surface area contributed by atoms with Gasteiger partial charge in [-0.25, -0.2) is 9.80 Å². The number of hydrogen-bond donors (Lipinski definition) is 0. The minimum Gasteiger partial charge on any atom is -0.497 e. The first kappa shape index (κ1) is 27.8. The largest absolute Gasteiger partial charge is 0.497 e. The normalized spacial score (nSPS) is 14.8. The smallest absolute Gasteiger partial charge is 0.336 e. The lowest BCUT2D eigenvalue weighted by atomic mass is 9.97. The predicted molar refractivity (Wildman–Crippen MR) is 164 cm³/mol. The van der Waals surface area contributed by atoms with Crippen LogP contribution in [0.3, 0.4) is 0 Å². The molecule has 0 aromatic heterocycles. The molecule has 0 N–H and O–H groups in total. The van der Waals surface area contributed by atoms with Crippen molar-refractivity contribution in [2.24, 2.45) is 5.10 Å². The Labute approximate surface area is 247 Å². The summed E-state index contributed by atoms with van der Waals surface area (Å²) in [6, 6.07) is 31.8. The number of ether oxygens (including phenoxy) is 2. The van der Waals surface area contributed by atoms with Crippen molar-refractivity contribution in [3.8, 4) is 11.5 Å². The van der Waals surface area contributed by atoms with Crippen molar-refractivity contribution in [3.05, 3.63) is 142 Å². The number of benzene rings is 4. The first-order valence-corrected chi connectivity index (χ1v) is 13.8. The van der Waals surface area contributed by atoms with Crippen LogP contribution >= 0.6 is 15.9 Å². The molecule has 1 aliphatic rings. The van der Waals surface area contributed by atoms with Gasteiger partial charge in [-0.2, -0.15) is 5.10 Å². The maximum Gasteiger partial charge on any atom is 0.336 e. The van der Waals surface area contributed by atoms with Gasteiger partial charge in [-0.3, -0.25) is 4.79 Å². The molecule has 7 heteroatoms. The lowest BCUT2D eigenvalue weighted by Gasteiger charge is -2.20. The SMILES string of the molecule is COc1ccc(C2=NN(C(=O)/C=C/c3ccccc3)[C@@H](c3ccc(Br)cc3)C2)c(OC(=O)/C=C/c2ccccc2)c1. The Morgan fingerprint density at radius 3 is 2.12 bits per heavy atom. The molecular weight excluding hydrogens is 580 g/mol. The van der Waals surface area contributed by atoms with Gasteiger partial charge in [-0.15, -0.1) is 0 Å². The summed E-state index contributed by atoms with van der Waals surface area (Å²) in [7, 11) is 1.55. The molecule has 1 amide bonds. The maximum absolute atomic E-state index is 13.4. The first-order chi connectivity index (χ1) is 20.0. The van der Waals surface area contributed by atoms with Crippen LogP contribution in [0.4, 0.5) is 0 Å². The van der Waals surface area contributed by atoms with Gasteiger partial charge in [0.05, 0.1) is 18.9 Å². The Kier molecular flexibility index (Phi) is 8.86. The molecule has 1 atom stereocenters. The zero-order chi connectivity index (χ0) is 28.6. The van der Waals surface area contributed by atoms with Gasteiger partial charge in [0.1, 0.15) is 11.5 Å². The van der Waals surface area contributed by atoms with Crippen molar-refractivity contribution < 1.29 is 19.1 Å². The Balaban J connectivity index is 1.46. The van der Waals surface area contributed by atoms with Crippen LogP contribution in [0.2, 0.25) is 0 Å². The Morgan fingerprint density at radius 1 is 0.854 bits per heavy atom. The topological polar surface area (TPSA) is 68.2 Å². The third-order valence-electron chi connectivity index (χ3n) is 6.53. The molecule has 0 spiro atoms. The summed E-state index contributed by atoms with van der Waals surface area (Å²) >= 11 is 3.48. The minimum absolute atomic E-state index is 0.255. The molecule has 41 heavy (non-hydrogen) atoms. The summed E-state index contributed by atoms with van der Waals surface area (Å²) in [6.45, 7) is 0. The molecule has 1 heterocycles. The van der Waals surface area contributed by atoms with E-state index in [9.17, 15) is 9.59 Å². The van der Waals surface area contributed by atoms with E-state index in [4.69, 9.17) is 14.6 Å². The molecule has 5 rings (SSSR count). The lowest BCUT2D eigenvalue weighted by molar-refractivity contribution is -0.129. The summed E-state index contributed by atoms with van der Waals surface area (Å²) in [5.74, 6) is 0.0413. The van der Waals surface area contributed by atoms with Crippen molar-refractivity contribution in [1.82, 2.24) is 5.01 Å². The highest BCUT2D eigenvalue weighted by Crippen LogP contribution is 2.37. The minimum atomic E-state index is -0.537. The number of amides is 1. The first-order valence-electron chi connectivity index (χ1n) is 13.0. The molecule has 0 aliphatic carbocycles. The van der Waals surface area contributed by atoms with Crippen LogP contribution < -0.4 is 9.47 Å². The molecule has 0 fully saturated rings. The Hall–Kier alpha value is -4.75. The summed E-state index contributed by atoms with van der Waals surface area (Å²) in [4.78, 5) is 26.2. The van der Waals surface area contributed by atoms with Crippen LogP contribution in [0.5, 0.6) is 11.5 Å². The Bertz CT molecular complexity index is 1610. The number of carbonyl (C=O) groups excluding carboxylic acids is 2. The second-order valence-corrected chi connectivity index (χ2v) is 10.2. The number of methoxy groups -OCH3 is 1. The van der Waals surface area contributed by atoms with Gasteiger partial charge in [-0.1, -0.05) is 88.7 Å². The fourth-order valence-corrected chi connectivity index (χ4v) is 4.72. The lowest BCUT2D eigenvalue weighted by Crippen LogP contribution is -2.25. The number of rotatable bonds is 8. The van der Waals surface area contributed by atoms with Crippen LogP contribution in [-0.2, 0) is 9.59 Å². The van der Waals surface area contributed by atoms with Gasteiger partial charge in [-0.05, 0) is 53.1 Å². The zero-order valence-corrected chi connectivity index (χ0v) is 23.9. The standard InChI is InChI=1S/C34H27BrN2O4/c1-40-28-18-19-29(32(22-28)41-34(39)21-13-25-10-6-3-7-11-25)30-23-31(26-14-16-27(35)17-15-26)37(36-30)33(38)20-12-24-8-4-2-5-9-24/h2-22,31H,23H2,1H3/b20-12+,21-13+/t31-/m1/s1. The summed E-state index contributed by atoms with van der Waals surface area (Å²) in [6.07, 6.45) is 6.80. The van der Waals surface area contributed by atoms with Crippen molar-refractivity contribution in [2.75, 3.05) is 7.11 Å². The average molecular weight is 608 g/mol. The monoisotopic (exact) mass is 606 g/mol. The van der Waals surface area contributed by atoms with Gasteiger partial charge in [0.15, 0.2) is 0 Å². The van der Waals surface area contributed by atoms with E-state index in [0.29, 0.717) is 29.2 Å². The zero-order valence-electron chi connectivity index (χ0n) is 22.3. The third kappa shape index (κ3) is 7.07. The van der Waals surface area contributed by atoms with E-state index in [0.717, 1.165) is 21.2 Å². The van der Waals surface area contributed by atoms with E-state index in [1.54, 1.807) is 37.5 Å². The van der Waals surface area contributed by atoms with Crippen LogP contribution in [0.25, 0.3) is 12.2 Å². The van der Waals surface area contributed by atoms with E-state index in [2.05, 4.69) is 15.9 Å². The van der Waals surface area contributed by atoms with E-state index < -0.39 is 5.97 Å². The van der Waals surface area contributed by atoms with Gasteiger partial charge < -0.3 is 9.47 Å². The molecule has 0 unspecified atom stereocenters. The highest BCUT2D eigenvalue weighted by Gasteiger charge is 2.33. The average Bonchev–Trinajstić information content (AvgIpc) is 3.45. The van der Waals surface area contributed by atoms with Crippen molar-refractivity contribution in [1.29, 1.82) is 0 Å². The highest BCUT2D eigenvalue weighted by molar-refractivity contribution is 9.10. The number of nitrogens with zero attached hydrogens (tertiary/aromatic N) is 2. The third-order valence-corrected chi connectivity index (χ3v) is 7.06. The van der Waals surface area contributed by atoms with Crippen LogP contribution in [-0.4, -0.2) is 29.7 Å². The van der Waals surface area contributed by atoms with Crippen LogP contribution in [0.1, 0.15) is 34.7 Å². The number of halogens is 1. The van der Waals surface area contributed by atoms with Crippen molar-refractivity contribution in [2.45, 2.75) is 12.5 Å². The fourth-order valence-electron chi connectivity index (χ4n) is 4.45. The van der Waals surface area contributed by atoms with Gasteiger partial charge >= 0.3 is 5.97 Å². The molecule has 0 bridgehead atoms. The predicted octanol–water partition coefficient (Wildman–Crippen LogP) is 7.47. The second kappa shape index (κ2) is 13.1. The highest BCUT2D eigenvalue weighted by atomic mass is 79.9. The fraction of sp³-hybridized carbons (Fsp3) is 0.0882. The van der Waals surface area contributed by atoms with Crippen LogP contribution in [0, 0.1) is 0 Å². The quantitative estimate of drug-likeness (QED) is 0.118.